The average Bonchev–Trinajstić information content (AvgIpc) is 2.72. The summed E-state index contributed by atoms with van der Waals surface area (Å²) < 4.78 is 59.3. The third-order valence-electron chi connectivity index (χ3n) is 4.23. The van der Waals surface area contributed by atoms with Crippen molar-refractivity contribution in [3.63, 3.8) is 0 Å². The lowest BCUT2D eigenvalue weighted by Gasteiger charge is -2.11. The number of hydrogen-bond acceptors (Lipinski definition) is 6. The summed E-state index contributed by atoms with van der Waals surface area (Å²) >= 11 is 0. The van der Waals surface area contributed by atoms with Crippen molar-refractivity contribution in [2.75, 3.05) is 18.7 Å². The first-order chi connectivity index (χ1) is 15.5. The van der Waals surface area contributed by atoms with Crippen molar-refractivity contribution in [1.82, 2.24) is 15.0 Å². The first kappa shape index (κ1) is 24.2. The second-order valence-corrected chi connectivity index (χ2v) is 8.57. The summed E-state index contributed by atoms with van der Waals surface area (Å²) in [7, 11) is 0.258. The third-order valence-corrected chi connectivity index (χ3v) is 5.46. The second kappa shape index (κ2) is 10.0. The van der Waals surface area contributed by atoms with Gasteiger partial charge in [-0.2, -0.15) is 17.5 Å². The van der Waals surface area contributed by atoms with Gasteiger partial charge in [-0.1, -0.05) is 10.7 Å². The number of benzene rings is 1. The molecule has 0 aliphatic heterocycles. The van der Waals surface area contributed by atoms with E-state index in [1.807, 2.05) is 0 Å². The lowest BCUT2D eigenvalue weighted by molar-refractivity contribution is -0.169. The zero-order valence-corrected chi connectivity index (χ0v) is 18.6. The van der Waals surface area contributed by atoms with E-state index in [2.05, 4.69) is 24.6 Å². The molecule has 0 aliphatic rings. The van der Waals surface area contributed by atoms with E-state index >= 15 is 0 Å². The normalized spacial score (nSPS) is 12.5. The number of nitrogens with zero attached hydrogens (tertiary/aromatic N) is 4. The fraction of sp³-hybridized carbons (Fsp3) is 0.238. The van der Waals surface area contributed by atoms with Gasteiger partial charge in [0, 0.05) is 29.1 Å². The summed E-state index contributed by atoms with van der Waals surface area (Å²) in [4.78, 5) is 23.8. The summed E-state index contributed by atoms with van der Waals surface area (Å²) in [5.41, 5.74) is 2.32. The molecule has 0 saturated carbocycles. The summed E-state index contributed by atoms with van der Waals surface area (Å²) in [6.45, 7) is 1.73. The van der Waals surface area contributed by atoms with Crippen LogP contribution in [0.3, 0.4) is 0 Å². The van der Waals surface area contributed by atoms with Crippen LogP contribution in [0.4, 0.5) is 29.2 Å². The quantitative estimate of drug-likeness (QED) is 0.511. The molecule has 3 rings (SSSR count). The van der Waals surface area contributed by atoms with E-state index in [1.54, 1.807) is 25.1 Å². The van der Waals surface area contributed by atoms with E-state index < -0.39 is 28.6 Å². The fourth-order valence-corrected chi connectivity index (χ4v) is 4.04. The van der Waals surface area contributed by atoms with Crippen molar-refractivity contribution in [2.24, 2.45) is 4.36 Å². The maximum absolute atomic E-state index is 13.5. The van der Waals surface area contributed by atoms with E-state index in [9.17, 15) is 22.4 Å². The molecule has 1 atom stereocenters. The Hall–Kier alpha value is -3.41. The number of hydrogen-bond donors (Lipinski definition) is 1. The highest BCUT2D eigenvalue weighted by molar-refractivity contribution is 7.86. The van der Waals surface area contributed by atoms with Crippen molar-refractivity contribution in [1.29, 1.82) is 0 Å². The van der Waals surface area contributed by atoms with Crippen molar-refractivity contribution in [3.05, 3.63) is 59.8 Å². The Balaban J connectivity index is 1.84. The van der Waals surface area contributed by atoms with Crippen LogP contribution < -0.4 is 10.1 Å². The molecule has 0 saturated heterocycles. The van der Waals surface area contributed by atoms with Gasteiger partial charge < -0.3 is 10.1 Å². The van der Waals surface area contributed by atoms with Crippen LogP contribution in [0.25, 0.3) is 11.3 Å². The molecular weight excluding hydrogens is 462 g/mol. The van der Waals surface area contributed by atoms with Gasteiger partial charge in [-0.3, -0.25) is 4.79 Å². The van der Waals surface area contributed by atoms with Crippen LogP contribution in [-0.2, 0) is 21.2 Å². The second-order valence-electron chi connectivity index (χ2n) is 6.90. The highest BCUT2D eigenvalue weighted by atomic mass is 32.2. The van der Waals surface area contributed by atoms with E-state index in [-0.39, 0.29) is 5.75 Å². The molecule has 1 aromatic carbocycles. The van der Waals surface area contributed by atoms with E-state index in [0.717, 1.165) is 0 Å². The van der Waals surface area contributed by atoms with Gasteiger partial charge in [-0.15, -0.1) is 0 Å². The summed E-state index contributed by atoms with van der Waals surface area (Å²) in [6.07, 6.45) is -2.21. The number of aryl methyl sites for hydroxylation is 1. The van der Waals surface area contributed by atoms with Gasteiger partial charge in [-0.25, -0.2) is 19.3 Å². The molecule has 0 aliphatic carbocycles. The van der Waals surface area contributed by atoms with Gasteiger partial charge in [0.1, 0.15) is 29.5 Å². The number of aromatic nitrogens is 3. The smallest absolute Gasteiger partial charge is 0.474 e. The van der Waals surface area contributed by atoms with Gasteiger partial charge in [0.25, 0.3) is 0 Å². The molecular formula is C21H19F4N5O2S. The summed E-state index contributed by atoms with van der Waals surface area (Å²) in [5, 5.41) is 3.03. The van der Waals surface area contributed by atoms with Crippen LogP contribution in [0, 0.1) is 12.7 Å². The Morgan fingerprint density at radius 2 is 1.91 bits per heavy atom. The first-order valence-electron chi connectivity index (χ1n) is 9.41. The SMILES string of the molecule is COc1cc(F)ccc1-c1cc(Nc2cc(CS(C)=NC(=O)C(F)(F)F)cc(C)n2)ncn1. The lowest BCUT2D eigenvalue weighted by atomic mass is 10.1. The molecule has 0 bridgehead atoms. The first-order valence-corrected chi connectivity index (χ1v) is 11.2. The minimum atomic E-state index is -4.99. The fourth-order valence-electron chi connectivity index (χ4n) is 2.94. The standard InChI is InChI=1S/C21H19F4N5O2S/c1-12-6-13(10-33(3)30-20(31)21(23,24)25)7-19(28-12)29-18-9-16(26-11-27-18)15-5-4-14(22)8-17(15)32-2/h4-9,11H,10H2,1-3H3,(H,26,27,28,29). The van der Waals surface area contributed by atoms with Crippen LogP contribution in [0.5, 0.6) is 5.75 Å². The number of nitrogens with one attached hydrogen (secondary N) is 1. The number of alkyl halides is 3. The van der Waals surface area contributed by atoms with E-state index in [4.69, 9.17) is 4.74 Å². The molecule has 1 amide bonds. The largest absolute Gasteiger partial charge is 0.496 e. The minimum absolute atomic E-state index is 0.141. The van der Waals surface area contributed by atoms with Crippen molar-refractivity contribution < 1.29 is 27.1 Å². The maximum atomic E-state index is 13.5. The Kier molecular flexibility index (Phi) is 7.36. The number of methoxy groups -OCH3 is 1. The minimum Gasteiger partial charge on any atom is -0.496 e. The number of carbonyl (C=O) groups is 1. The van der Waals surface area contributed by atoms with Gasteiger partial charge in [0.15, 0.2) is 0 Å². The van der Waals surface area contributed by atoms with Crippen molar-refractivity contribution in [3.8, 4) is 17.0 Å². The van der Waals surface area contributed by atoms with Crippen LogP contribution in [0.15, 0.2) is 47.1 Å². The predicted octanol–water partition coefficient (Wildman–Crippen LogP) is 4.76. The van der Waals surface area contributed by atoms with Crippen LogP contribution in [-0.4, -0.2) is 40.4 Å². The molecule has 0 spiro atoms. The number of halogens is 4. The highest BCUT2D eigenvalue weighted by Gasteiger charge is 2.38. The number of carbonyl (C=O) groups excluding carboxylic acids is 1. The van der Waals surface area contributed by atoms with Crippen molar-refractivity contribution in [2.45, 2.75) is 18.9 Å². The highest BCUT2D eigenvalue weighted by Crippen LogP contribution is 2.30. The molecule has 174 valence electrons. The lowest BCUT2D eigenvalue weighted by Crippen LogP contribution is -2.21. The molecule has 2 aromatic heterocycles. The number of amides is 1. The summed E-state index contributed by atoms with van der Waals surface area (Å²) in [6, 6.07) is 9.05. The molecule has 7 nitrogen and oxygen atoms in total. The van der Waals surface area contributed by atoms with Crippen molar-refractivity contribution >= 4 is 28.2 Å². The Bertz CT molecular complexity index is 1220. The van der Waals surface area contributed by atoms with Crippen LogP contribution >= 0.6 is 0 Å². The van der Waals surface area contributed by atoms with E-state index in [0.29, 0.717) is 39.9 Å². The average molecular weight is 481 g/mol. The Morgan fingerprint density at radius 3 is 2.61 bits per heavy atom. The van der Waals surface area contributed by atoms with Crippen LogP contribution in [0.1, 0.15) is 11.3 Å². The Morgan fingerprint density at radius 1 is 1.15 bits per heavy atom. The maximum Gasteiger partial charge on any atom is 0.474 e. The number of anilines is 2. The van der Waals surface area contributed by atoms with Gasteiger partial charge >= 0.3 is 12.1 Å². The number of ether oxygens (including phenoxy) is 1. The topological polar surface area (TPSA) is 89.4 Å². The molecule has 3 aromatic rings. The molecule has 0 radical (unpaired) electrons. The number of rotatable bonds is 6. The third kappa shape index (κ3) is 6.54. The van der Waals surface area contributed by atoms with Gasteiger partial charge in [0.05, 0.1) is 12.8 Å². The predicted molar refractivity (Wildman–Crippen MR) is 117 cm³/mol. The van der Waals surface area contributed by atoms with Gasteiger partial charge in [-0.05, 0) is 43.0 Å². The molecule has 1 unspecified atom stereocenters. The zero-order valence-electron chi connectivity index (χ0n) is 17.8. The van der Waals surface area contributed by atoms with Crippen LogP contribution in [0.2, 0.25) is 0 Å². The monoisotopic (exact) mass is 481 g/mol. The number of pyridine rings is 1. The molecule has 1 N–H and O–H groups in total. The molecule has 0 fully saturated rings. The molecule has 2 heterocycles. The zero-order chi connectivity index (χ0) is 24.2. The Labute approximate surface area is 189 Å². The molecule has 12 heteroatoms. The summed E-state index contributed by atoms with van der Waals surface area (Å²) in [5.74, 6) is -1.30. The molecule has 33 heavy (non-hydrogen) atoms. The van der Waals surface area contributed by atoms with E-state index in [1.165, 1.54) is 37.9 Å². The van der Waals surface area contributed by atoms with Gasteiger partial charge in [0.2, 0.25) is 0 Å².